The predicted octanol–water partition coefficient (Wildman–Crippen LogP) is 5.49. The summed E-state index contributed by atoms with van der Waals surface area (Å²) in [4.78, 5) is 5.04. The standard InChI is InChI=1S/C23H21N3O2S2/c27-30(28,26-14-3-4-15-26)19-12-10-18(11-13-19)22-16-29-23(25-22)24-21-9-5-7-17-6-1-2-8-20(17)21/h1-2,5-13,16H,3-4,14-15H2,(H,24,25). The number of thiazole rings is 1. The Bertz CT molecular complexity index is 1290. The van der Waals surface area contributed by atoms with E-state index in [1.54, 1.807) is 16.4 Å². The van der Waals surface area contributed by atoms with Crippen LogP contribution >= 0.6 is 11.3 Å². The molecule has 3 aromatic carbocycles. The average molecular weight is 436 g/mol. The van der Waals surface area contributed by atoms with E-state index in [1.165, 1.54) is 16.7 Å². The van der Waals surface area contributed by atoms with Crippen molar-refractivity contribution < 1.29 is 8.42 Å². The molecule has 0 amide bonds. The Morgan fingerprint density at radius 2 is 1.63 bits per heavy atom. The van der Waals surface area contributed by atoms with Gasteiger partial charge in [-0.1, -0.05) is 48.5 Å². The van der Waals surface area contributed by atoms with Gasteiger partial charge in [0.15, 0.2) is 5.13 Å². The Kier molecular flexibility index (Phi) is 5.02. The lowest BCUT2D eigenvalue weighted by Crippen LogP contribution is -2.27. The molecular formula is C23H21N3O2S2. The van der Waals surface area contributed by atoms with E-state index in [1.807, 2.05) is 41.8 Å². The fraction of sp³-hybridized carbons (Fsp3) is 0.174. The van der Waals surface area contributed by atoms with Crippen LogP contribution in [0.2, 0.25) is 0 Å². The molecule has 1 aliphatic rings. The number of nitrogens with zero attached hydrogens (tertiary/aromatic N) is 2. The summed E-state index contributed by atoms with van der Waals surface area (Å²) in [5, 5.41) is 8.52. The summed E-state index contributed by atoms with van der Waals surface area (Å²) in [5.74, 6) is 0. The molecule has 0 bridgehead atoms. The highest BCUT2D eigenvalue weighted by molar-refractivity contribution is 7.89. The second-order valence-electron chi connectivity index (χ2n) is 7.33. The molecule has 5 nitrogen and oxygen atoms in total. The van der Waals surface area contributed by atoms with Crippen molar-refractivity contribution in [3.8, 4) is 11.3 Å². The summed E-state index contributed by atoms with van der Waals surface area (Å²) < 4.78 is 27.0. The topological polar surface area (TPSA) is 62.3 Å². The maximum absolute atomic E-state index is 12.7. The van der Waals surface area contributed by atoms with Crippen LogP contribution in [0.3, 0.4) is 0 Å². The first kappa shape index (κ1) is 19.2. The zero-order valence-corrected chi connectivity index (χ0v) is 17.9. The van der Waals surface area contributed by atoms with Crippen molar-refractivity contribution in [2.45, 2.75) is 17.7 Å². The van der Waals surface area contributed by atoms with Crippen molar-refractivity contribution in [2.75, 3.05) is 18.4 Å². The van der Waals surface area contributed by atoms with Crippen LogP contribution in [0.1, 0.15) is 12.8 Å². The van der Waals surface area contributed by atoms with Gasteiger partial charge in [-0.15, -0.1) is 11.3 Å². The lowest BCUT2D eigenvalue weighted by molar-refractivity contribution is 0.477. The molecule has 0 saturated carbocycles. The van der Waals surface area contributed by atoms with E-state index in [0.29, 0.717) is 18.0 Å². The molecule has 7 heteroatoms. The molecule has 4 aromatic rings. The molecule has 0 spiro atoms. The van der Waals surface area contributed by atoms with Gasteiger partial charge in [0.2, 0.25) is 10.0 Å². The average Bonchev–Trinajstić information content (AvgIpc) is 3.47. The van der Waals surface area contributed by atoms with Gasteiger partial charge in [0.05, 0.1) is 10.6 Å². The van der Waals surface area contributed by atoms with Crippen LogP contribution in [0.25, 0.3) is 22.0 Å². The number of nitrogens with one attached hydrogen (secondary N) is 1. The molecule has 0 aliphatic carbocycles. The molecule has 5 rings (SSSR count). The lowest BCUT2D eigenvalue weighted by atomic mass is 10.1. The quantitative estimate of drug-likeness (QED) is 0.450. The van der Waals surface area contributed by atoms with Gasteiger partial charge >= 0.3 is 0 Å². The van der Waals surface area contributed by atoms with Crippen molar-refractivity contribution in [3.05, 3.63) is 72.1 Å². The first-order chi connectivity index (χ1) is 14.6. The Morgan fingerprint density at radius 3 is 2.43 bits per heavy atom. The first-order valence-corrected chi connectivity index (χ1v) is 12.2. The number of rotatable bonds is 5. The largest absolute Gasteiger partial charge is 0.331 e. The van der Waals surface area contributed by atoms with Crippen molar-refractivity contribution in [3.63, 3.8) is 0 Å². The maximum atomic E-state index is 12.7. The van der Waals surface area contributed by atoms with Gasteiger partial charge < -0.3 is 5.32 Å². The number of sulfonamides is 1. The third-order valence-electron chi connectivity index (χ3n) is 5.39. The molecule has 1 fully saturated rings. The Morgan fingerprint density at radius 1 is 0.900 bits per heavy atom. The molecule has 0 atom stereocenters. The fourth-order valence-corrected chi connectivity index (χ4v) is 6.04. The molecule has 2 heterocycles. The molecule has 0 unspecified atom stereocenters. The van der Waals surface area contributed by atoms with Crippen LogP contribution < -0.4 is 5.32 Å². The van der Waals surface area contributed by atoms with Gasteiger partial charge in [0, 0.05) is 35.1 Å². The van der Waals surface area contributed by atoms with Crippen molar-refractivity contribution in [2.24, 2.45) is 0 Å². The first-order valence-electron chi connectivity index (χ1n) is 9.92. The monoisotopic (exact) mass is 435 g/mol. The molecule has 30 heavy (non-hydrogen) atoms. The molecule has 1 aliphatic heterocycles. The lowest BCUT2D eigenvalue weighted by Gasteiger charge is -2.15. The highest BCUT2D eigenvalue weighted by Gasteiger charge is 2.27. The predicted molar refractivity (Wildman–Crippen MR) is 123 cm³/mol. The van der Waals surface area contributed by atoms with E-state index in [0.717, 1.165) is 40.3 Å². The van der Waals surface area contributed by atoms with E-state index >= 15 is 0 Å². The van der Waals surface area contributed by atoms with Gasteiger partial charge in [-0.25, -0.2) is 13.4 Å². The van der Waals surface area contributed by atoms with E-state index in [-0.39, 0.29) is 0 Å². The van der Waals surface area contributed by atoms with Crippen molar-refractivity contribution in [1.82, 2.24) is 9.29 Å². The van der Waals surface area contributed by atoms with Crippen molar-refractivity contribution in [1.29, 1.82) is 0 Å². The van der Waals surface area contributed by atoms with Gasteiger partial charge in [-0.2, -0.15) is 4.31 Å². The van der Waals surface area contributed by atoms with E-state index in [4.69, 9.17) is 4.98 Å². The Labute approximate surface area is 180 Å². The Hall–Kier alpha value is -2.74. The van der Waals surface area contributed by atoms with E-state index in [2.05, 4.69) is 23.5 Å². The minimum Gasteiger partial charge on any atom is -0.331 e. The second-order valence-corrected chi connectivity index (χ2v) is 10.1. The van der Waals surface area contributed by atoms with Crippen molar-refractivity contribution >= 4 is 43.0 Å². The van der Waals surface area contributed by atoms with Crippen LogP contribution in [0.4, 0.5) is 10.8 Å². The minimum atomic E-state index is -3.39. The summed E-state index contributed by atoms with van der Waals surface area (Å²) in [7, 11) is -3.39. The van der Waals surface area contributed by atoms with Crippen LogP contribution in [-0.4, -0.2) is 30.8 Å². The van der Waals surface area contributed by atoms with Gasteiger partial charge in [-0.05, 0) is 36.4 Å². The minimum absolute atomic E-state index is 0.345. The Balaban J connectivity index is 1.38. The maximum Gasteiger partial charge on any atom is 0.243 e. The smallest absolute Gasteiger partial charge is 0.243 e. The number of benzene rings is 3. The summed E-state index contributed by atoms with van der Waals surface area (Å²) in [6.07, 6.45) is 1.87. The molecule has 1 N–H and O–H groups in total. The summed E-state index contributed by atoms with van der Waals surface area (Å²) in [6.45, 7) is 1.22. The zero-order chi connectivity index (χ0) is 20.6. The van der Waals surface area contributed by atoms with Gasteiger partial charge in [0.1, 0.15) is 0 Å². The zero-order valence-electron chi connectivity index (χ0n) is 16.3. The fourth-order valence-electron chi connectivity index (χ4n) is 3.79. The van der Waals surface area contributed by atoms with Crippen LogP contribution in [0.5, 0.6) is 0 Å². The van der Waals surface area contributed by atoms with Crippen LogP contribution in [0, 0.1) is 0 Å². The van der Waals surface area contributed by atoms with Crippen LogP contribution in [-0.2, 0) is 10.0 Å². The molecule has 1 saturated heterocycles. The number of hydrogen-bond acceptors (Lipinski definition) is 5. The molecule has 1 aromatic heterocycles. The molecular weight excluding hydrogens is 414 g/mol. The van der Waals surface area contributed by atoms with Gasteiger partial charge in [-0.3, -0.25) is 0 Å². The number of aromatic nitrogens is 1. The highest BCUT2D eigenvalue weighted by Crippen LogP contribution is 2.31. The normalized spacial score (nSPS) is 14.9. The molecule has 0 radical (unpaired) electrons. The number of anilines is 2. The van der Waals surface area contributed by atoms with E-state index < -0.39 is 10.0 Å². The number of hydrogen-bond donors (Lipinski definition) is 1. The number of fused-ring (bicyclic) bond motifs is 1. The summed E-state index contributed by atoms with van der Waals surface area (Å²) >= 11 is 1.53. The SMILES string of the molecule is O=S(=O)(c1ccc(-c2csc(Nc3cccc4ccccc34)n2)cc1)N1CCCC1. The highest BCUT2D eigenvalue weighted by atomic mass is 32.2. The van der Waals surface area contributed by atoms with Crippen LogP contribution in [0.15, 0.2) is 77.0 Å². The summed E-state index contributed by atoms with van der Waals surface area (Å²) in [5.41, 5.74) is 2.74. The third kappa shape index (κ3) is 3.60. The third-order valence-corrected chi connectivity index (χ3v) is 8.06. The molecule has 152 valence electrons. The van der Waals surface area contributed by atoms with Gasteiger partial charge in [0.25, 0.3) is 0 Å². The van der Waals surface area contributed by atoms with E-state index in [9.17, 15) is 8.42 Å². The second kappa shape index (κ2) is 7.83. The summed E-state index contributed by atoms with van der Waals surface area (Å²) in [6, 6.07) is 21.4.